The van der Waals surface area contributed by atoms with Crippen molar-refractivity contribution in [3.63, 3.8) is 0 Å². The van der Waals surface area contributed by atoms with Gasteiger partial charge >= 0.3 is 0 Å². The molecule has 0 aromatic carbocycles. The highest BCUT2D eigenvalue weighted by molar-refractivity contribution is 7.13. The number of carbonyl (C=O) groups excluding carboxylic acids is 1. The number of hydrogen-bond donors (Lipinski definition) is 1. The molecular formula is C16H24N4O2S. The first-order valence-corrected chi connectivity index (χ1v) is 8.80. The summed E-state index contributed by atoms with van der Waals surface area (Å²) in [6, 6.07) is 3.78. The van der Waals surface area contributed by atoms with Crippen LogP contribution < -0.4 is 5.32 Å². The smallest absolute Gasteiger partial charge is 0.257 e. The van der Waals surface area contributed by atoms with E-state index in [0.717, 1.165) is 17.8 Å². The van der Waals surface area contributed by atoms with Gasteiger partial charge in [0.15, 0.2) is 0 Å². The van der Waals surface area contributed by atoms with Crippen LogP contribution in [0.5, 0.6) is 0 Å². The number of hydrogen-bond acceptors (Lipinski definition) is 6. The molecule has 1 N–H and O–H groups in total. The normalized spacial score (nSPS) is 12.8. The van der Waals surface area contributed by atoms with E-state index in [9.17, 15) is 4.79 Å². The summed E-state index contributed by atoms with van der Waals surface area (Å²) in [6.07, 6.45) is 0.950. The molecule has 6 nitrogen and oxygen atoms in total. The SMILES string of the molecule is CCCN(Cc1nnc(-c2cccs2)o1)[C@@H](C)C(=O)NC(C)C. The molecule has 2 heterocycles. The number of nitrogens with one attached hydrogen (secondary N) is 1. The minimum Gasteiger partial charge on any atom is -0.419 e. The molecule has 0 saturated heterocycles. The molecule has 1 atom stereocenters. The molecule has 2 aromatic rings. The van der Waals surface area contributed by atoms with Gasteiger partial charge in [-0.1, -0.05) is 13.0 Å². The van der Waals surface area contributed by atoms with Gasteiger partial charge in [0.2, 0.25) is 11.8 Å². The fourth-order valence-corrected chi connectivity index (χ4v) is 2.90. The van der Waals surface area contributed by atoms with E-state index in [4.69, 9.17) is 4.42 Å². The molecule has 7 heteroatoms. The molecule has 0 aliphatic rings. The Morgan fingerprint density at radius 1 is 1.39 bits per heavy atom. The Labute approximate surface area is 140 Å². The average Bonchev–Trinajstić information content (AvgIpc) is 3.16. The second kappa shape index (κ2) is 8.21. The largest absolute Gasteiger partial charge is 0.419 e. The Morgan fingerprint density at radius 2 is 2.17 bits per heavy atom. The molecule has 0 fully saturated rings. The average molecular weight is 336 g/mol. The van der Waals surface area contributed by atoms with E-state index in [1.165, 1.54) is 0 Å². The van der Waals surface area contributed by atoms with Crippen LogP contribution >= 0.6 is 11.3 Å². The third-order valence-electron chi connectivity index (χ3n) is 3.41. The standard InChI is InChI=1S/C16H24N4O2S/c1-5-8-20(12(4)15(21)17-11(2)3)10-14-18-19-16(22-14)13-7-6-9-23-13/h6-7,9,11-12H,5,8,10H2,1-4H3,(H,17,21)/t12-/m0/s1. The monoisotopic (exact) mass is 336 g/mol. The summed E-state index contributed by atoms with van der Waals surface area (Å²) < 4.78 is 5.73. The number of thiophene rings is 1. The van der Waals surface area contributed by atoms with Crippen LogP contribution in [0.3, 0.4) is 0 Å². The van der Waals surface area contributed by atoms with E-state index in [1.54, 1.807) is 11.3 Å². The minimum atomic E-state index is -0.241. The molecule has 126 valence electrons. The van der Waals surface area contributed by atoms with Crippen LogP contribution in [0, 0.1) is 0 Å². The van der Waals surface area contributed by atoms with Crippen molar-refractivity contribution in [1.29, 1.82) is 0 Å². The van der Waals surface area contributed by atoms with Gasteiger partial charge in [0.25, 0.3) is 5.89 Å². The maximum Gasteiger partial charge on any atom is 0.257 e. The van der Waals surface area contributed by atoms with Crippen molar-refractivity contribution in [3.05, 3.63) is 23.4 Å². The van der Waals surface area contributed by atoms with Crippen molar-refractivity contribution in [3.8, 4) is 10.8 Å². The Kier molecular flexibility index (Phi) is 6.29. The number of aromatic nitrogens is 2. The molecule has 0 aliphatic carbocycles. The molecular weight excluding hydrogens is 312 g/mol. The molecule has 0 saturated carbocycles. The first kappa shape index (κ1) is 17.6. The molecule has 0 bridgehead atoms. The van der Waals surface area contributed by atoms with E-state index in [1.807, 2.05) is 38.3 Å². The van der Waals surface area contributed by atoms with Gasteiger partial charge in [-0.15, -0.1) is 21.5 Å². The molecule has 23 heavy (non-hydrogen) atoms. The number of rotatable bonds is 8. The van der Waals surface area contributed by atoms with Gasteiger partial charge in [0.05, 0.1) is 17.5 Å². The summed E-state index contributed by atoms with van der Waals surface area (Å²) in [5.41, 5.74) is 0. The predicted octanol–water partition coefficient (Wildman–Crippen LogP) is 2.92. The third-order valence-corrected chi connectivity index (χ3v) is 4.26. The quantitative estimate of drug-likeness (QED) is 0.802. The minimum absolute atomic E-state index is 0.0199. The van der Waals surface area contributed by atoms with Crippen LogP contribution in [0.1, 0.15) is 40.0 Å². The molecule has 0 spiro atoms. The zero-order valence-corrected chi connectivity index (χ0v) is 14.9. The van der Waals surface area contributed by atoms with Gasteiger partial charge in [-0.05, 0) is 45.2 Å². The van der Waals surface area contributed by atoms with Crippen molar-refractivity contribution in [2.45, 2.75) is 52.7 Å². The highest BCUT2D eigenvalue weighted by atomic mass is 32.1. The third kappa shape index (κ3) is 4.87. The molecule has 0 radical (unpaired) electrons. The summed E-state index contributed by atoms with van der Waals surface area (Å²) in [4.78, 5) is 15.2. The van der Waals surface area contributed by atoms with Gasteiger partial charge in [-0.2, -0.15) is 0 Å². The lowest BCUT2D eigenvalue weighted by atomic mass is 10.2. The highest BCUT2D eigenvalue weighted by Gasteiger charge is 2.23. The van der Waals surface area contributed by atoms with Crippen LogP contribution in [0.2, 0.25) is 0 Å². The summed E-state index contributed by atoms with van der Waals surface area (Å²) in [5.74, 6) is 1.09. The van der Waals surface area contributed by atoms with Crippen molar-refractivity contribution in [1.82, 2.24) is 20.4 Å². The zero-order chi connectivity index (χ0) is 16.8. The van der Waals surface area contributed by atoms with E-state index in [-0.39, 0.29) is 18.0 Å². The van der Waals surface area contributed by atoms with Crippen LogP contribution in [-0.2, 0) is 11.3 Å². The summed E-state index contributed by atoms with van der Waals surface area (Å²) >= 11 is 1.56. The van der Waals surface area contributed by atoms with Crippen LogP contribution in [-0.4, -0.2) is 39.6 Å². The van der Waals surface area contributed by atoms with Gasteiger partial charge in [0, 0.05) is 6.04 Å². The number of carbonyl (C=O) groups is 1. The number of nitrogens with zero attached hydrogens (tertiary/aromatic N) is 3. The molecule has 0 aliphatic heterocycles. The zero-order valence-electron chi connectivity index (χ0n) is 14.1. The fourth-order valence-electron chi connectivity index (χ4n) is 2.26. The maximum atomic E-state index is 12.2. The van der Waals surface area contributed by atoms with Crippen molar-refractivity contribution in [2.24, 2.45) is 0 Å². The Balaban J connectivity index is 2.05. The van der Waals surface area contributed by atoms with Crippen molar-refractivity contribution in [2.75, 3.05) is 6.54 Å². The summed E-state index contributed by atoms with van der Waals surface area (Å²) in [5, 5.41) is 13.1. The van der Waals surface area contributed by atoms with Gasteiger partial charge < -0.3 is 9.73 Å². The Hall–Kier alpha value is -1.73. The van der Waals surface area contributed by atoms with E-state index >= 15 is 0 Å². The first-order valence-electron chi connectivity index (χ1n) is 7.92. The van der Waals surface area contributed by atoms with Crippen molar-refractivity contribution < 1.29 is 9.21 Å². The number of amides is 1. The van der Waals surface area contributed by atoms with E-state index in [2.05, 4.69) is 27.3 Å². The van der Waals surface area contributed by atoms with Crippen molar-refractivity contribution >= 4 is 17.2 Å². The topological polar surface area (TPSA) is 71.3 Å². The molecule has 1 amide bonds. The fraction of sp³-hybridized carbons (Fsp3) is 0.562. The highest BCUT2D eigenvalue weighted by Crippen LogP contribution is 2.23. The molecule has 0 unspecified atom stereocenters. The van der Waals surface area contributed by atoms with Gasteiger partial charge in [0.1, 0.15) is 0 Å². The lowest BCUT2D eigenvalue weighted by molar-refractivity contribution is -0.126. The van der Waals surface area contributed by atoms with E-state index in [0.29, 0.717) is 18.3 Å². The second-order valence-electron chi connectivity index (χ2n) is 5.79. The predicted molar refractivity (Wildman–Crippen MR) is 91.1 cm³/mol. The lowest BCUT2D eigenvalue weighted by Crippen LogP contribution is -2.47. The van der Waals surface area contributed by atoms with Crippen LogP contribution in [0.15, 0.2) is 21.9 Å². The summed E-state index contributed by atoms with van der Waals surface area (Å²) in [7, 11) is 0. The van der Waals surface area contributed by atoms with Gasteiger partial charge in [-0.3, -0.25) is 9.69 Å². The Morgan fingerprint density at radius 3 is 2.78 bits per heavy atom. The molecule has 2 aromatic heterocycles. The van der Waals surface area contributed by atoms with Gasteiger partial charge in [-0.25, -0.2) is 0 Å². The maximum absolute atomic E-state index is 12.2. The first-order chi connectivity index (χ1) is 11.0. The van der Waals surface area contributed by atoms with Crippen LogP contribution in [0.4, 0.5) is 0 Å². The second-order valence-corrected chi connectivity index (χ2v) is 6.74. The summed E-state index contributed by atoms with van der Waals surface area (Å²) in [6.45, 7) is 9.18. The van der Waals surface area contributed by atoms with Crippen LogP contribution in [0.25, 0.3) is 10.8 Å². The Bertz CT molecular complexity index is 609. The molecule has 2 rings (SSSR count). The lowest BCUT2D eigenvalue weighted by Gasteiger charge is -2.27. The van der Waals surface area contributed by atoms with E-state index < -0.39 is 0 Å².